The van der Waals surface area contributed by atoms with Crippen molar-refractivity contribution in [1.29, 1.82) is 0 Å². The minimum absolute atomic E-state index is 0.0627. The van der Waals surface area contributed by atoms with Crippen molar-refractivity contribution in [2.45, 2.75) is 330 Å². The number of esters is 3. The Morgan fingerprint density at radius 1 is 0.297 bits per heavy atom. The molecule has 0 unspecified atom stereocenters. The molecule has 0 aromatic carbocycles. The minimum atomic E-state index is -0.762. The van der Waals surface area contributed by atoms with Crippen molar-refractivity contribution in [3.8, 4) is 0 Å². The molecule has 0 N–H and O–H groups in total. The maximum Gasteiger partial charge on any atom is 0.306 e. The van der Waals surface area contributed by atoms with E-state index in [1.165, 1.54) is 212 Å². The van der Waals surface area contributed by atoms with Crippen LogP contribution in [0.15, 0.2) is 0 Å². The topological polar surface area (TPSA) is 78.9 Å². The second-order valence-electron chi connectivity index (χ2n) is 20.9. The Bertz CT molecular complexity index is 978. The van der Waals surface area contributed by atoms with Gasteiger partial charge in [0.25, 0.3) is 0 Å². The summed E-state index contributed by atoms with van der Waals surface area (Å²) in [5, 5.41) is 0. The van der Waals surface area contributed by atoms with Crippen LogP contribution in [0.25, 0.3) is 0 Å². The number of carbonyl (C=O) groups is 3. The first-order chi connectivity index (χ1) is 31.2. The molecule has 6 heteroatoms. The predicted octanol–water partition coefficient (Wildman–Crippen LogP) is 18.9. The highest BCUT2D eigenvalue weighted by Crippen LogP contribution is 2.18. The summed E-state index contributed by atoms with van der Waals surface area (Å²) in [4.78, 5) is 38.1. The van der Waals surface area contributed by atoms with E-state index in [1.54, 1.807) is 0 Å². The van der Waals surface area contributed by atoms with Gasteiger partial charge in [0, 0.05) is 19.3 Å². The largest absolute Gasteiger partial charge is 0.462 e. The molecule has 0 saturated carbocycles. The van der Waals surface area contributed by atoms with Crippen molar-refractivity contribution in [3.63, 3.8) is 0 Å². The Balaban J connectivity index is 4.27. The maximum atomic E-state index is 12.8. The first kappa shape index (κ1) is 62.4. The second-order valence-corrected chi connectivity index (χ2v) is 20.9. The zero-order valence-electron chi connectivity index (χ0n) is 43.9. The average molecular weight is 906 g/mol. The molecule has 0 radical (unpaired) electrons. The predicted molar refractivity (Wildman–Crippen MR) is 275 cm³/mol. The van der Waals surface area contributed by atoms with Gasteiger partial charge < -0.3 is 14.2 Å². The molecule has 0 aromatic heterocycles. The Morgan fingerprint density at radius 2 is 0.516 bits per heavy atom. The summed E-state index contributed by atoms with van der Waals surface area (Å²) in [5.74, 6) is 0.838. The molecule has 0 spiro atoms. The van der Waals surface area contributed by atoms with Crippen LogP contribution in [0.4, 0.5) is 0 Å². The Hall–Kier alpha value is -1.59. The van der Waals surface area contributed by atoms with E-state index in [2.05, 4.69) is 34.6 Å². The lowest BCUT2D eigenvalue weighted by molar-refractivity contribution is -0.167. The zero-order chi connectivity index (χ0) is 46.8. The van der Waals surface area contributed by atoms with Gasteiger partial charge in [0.05, 0.1) is 0 Å². The first-order valence-corrected chi connectivity index (χ1v) is 28.7. The third-order valence-electron chi connectivity index (χ3n) is 13.2. The molecule has 0 aliphatic carbocycles. The lowest BCUT2D eigenvalue weighted by atomic mass is 10.0. The normalized spacial score (nSPS) is 12.0. The minimum Gasteiger partial charge on any atom is -0.462 e. The van der Waals surface area contributed by atoms with Crippen LogP contribution in [0.3, 0.4) is 0 Å². The third kappa shape index (κ3) is 51.4. The number of hydrogen-bond acceptors (Lipinski definition) is 6. The lowest BCUT2D eigenvalue weighted by Crippen LogP contribution is -2.30. The third-order valence-corrected chi connectivity index (χ3v) is 13.2. The van der Waals surface area contributed by atoms with Crippen molar-refractivity contribution in [1.82, 2.24) is 0 Å². The number of rotatable bonds is 52. The molecule has 0 heterocycles. The van der Waals surface area contributed by atoms with Crippen molar-refractivity contribution in [3.05, 3.63) is 0 Å². The fourth-order valence-electron chi connectivity index (χ4n) is 8.87. The van der Waals surface area contributed by atoms with Crippen molar-refractivity contribution in [2.75, 3.05) is 13.2 Å². The molecule has 0 aliphatic heterocycles. The summed E-state index contributed by atoms with van der Waals surface area (Å²) < 4.78 is 16.9. The van der Waals surface area contributed by atoms with Crippen LogP contribution in [0.2, 0.25) is 0 Å². The van der Waals surface area contributed by atoms with Crippen molar-refractivity contribution < 1.29 is 28.6 Å². The smallest absolute Gasteiger partial charge is 0.306 e. The van der Waals surface area contributed by atoms with E-state index >= 15 is 0 Å². The van der Waals surface area contributed by atoms with Crippen LogP contribution in [-0.2, 0) is 28.6 Å². The van der Waals surface area contributed by atoms with Gasteiger partial charge >= 0.3 is 17.9 Å². The molecule has 0 bridgehead atoms. The van der Waals surface area contributed by atoms with Crippen molar-refractivity contribution in [2.24, 2.45) is 11.8 Å². The Morgan fingerprint density at radius 3 is 0.766 bits per heavy atom. The van der Waals surface area contributed by atoms with Gasteiger partial charge in [0.1, 0.15) is 13.2 Å². The molecule has 0 amide bonds. The molecule has 380 valence electrons. The SMILES string of the molecule is CCCCCCCCCCCCCCCC(=O)OC[C@@H](COC(=O)CCCCCCCCCCCCCCCCCCC(C)C)OC(=O)CCCCCCCCCCCCCC(C)C. The summed E-state index contributed by atoms with van der Waals surface area (Å²) in [6, 6.07) is 0. The van der Waals surface area contributed by atoms with Crippen LogP contribution < -0.4 is 0 Å². The summed E-state index contributed by atoms with van der Waals surface area (Å²) in [6.45, 7) is 11.4. The van der Waals surface area contributed by atoms with E-state index in [-0.39, 0.29) is 31.1 Å². The quantitative estimate of drug-likeness (QED) is 0.0344. The Labute approximate surface area is 399 Å². The van der Waals surface area contributed by atoms with E-state index < -0.39 is 6.10 Å². The molecule has 1 atom stereocenters. The fourth-order valence-corrected chi connectivity index (χ4v) is 8.87. The van der Waals surface area contributed by atoms with E-state index in [0.29, 0.717) is 19.3 Å². The van der Waals surface area contributed by atoms with Crippen LogP contribution in [0.1, 0.15) is 324 Å². The van der Waals surface area contributed by atoms with E-state index in [0.717, 1.165) is 69.6 Å². The van der Waals surface area contributed by atoms with Crippen LogP contribution >= 0.6 is 0 Å². The van der Waals surface area contributed by atoms with Gasteiger partial charge in [-0.25, -0.2) is 0 Å². The van der Waals surface area contributed by atoms with E-state index in [1.807, 2.05) is 0 Å². The molecular weight excluding hydrogens is 793 g/mol. The van der Waals surface area contributed by atoms with Gasteiger partial charge in [-0.2, -0.15) is 0 Å². The molecule has 0 saturated heterocycles. The highest BCUT2D eigenvalue weighted by Gasteiger charge is 2.19. The van der Waals surface area contributed by atoms with E-state index in [4.69, 9.17) is 14.2 Å². The fraction of sp³-hybridized carbons (Fsp3) is 0.948. The van der Waals surface area contributed by atoms with Crippen LogP contribution in [0, 0.1) is 11.8 Å². The molecule has 0 aromatic rings. The van der Waals surface area contributed by atoms with Crippen LogP contribution in [0.5, 0.6) is 0 Å². The monoisotopic (exact) mass is 905 g/mol. The summed E-state index contributed by atoms with van der Waals surface area (Å²) in [5.41, 5.74) is 0. The van der Waals surface area contributed by atoms with Gasteiger partial charge in [-0.3, -0.25) is 14.4 Å². The number of unbranched alkanes of at least 4 members (excludes halogenated alkanes) is 37. The van der Waals surface area contributed by atoms with Gasteiger partial charge in [0.2, 0.25) is 0 Å². The van der Waals surface area contributed by atoms with Gasteiger partial charge in [-0.05, 0) is 31.1 Å². The average Bonchev–Trinajstić information content (AvgIpc) is 3.27. The van der Waals surface area contributed by atoms with Crippen LogP contribution in [-0.4, -0.2) is 37.2 Å². The maximum absolute atomic E-state index is 12.8. The zero-order valence-corrected chi connectivity index (χ0v) is 43.9. The Kier molecular flexibility index (Phi) is 49.6. The number of ether oxygens (including phenoxy) is 3. The summed E-state index contributed by atoms with van der Waals surface area (Å²) >= 11 is 0. The lowest BCUT2D eigenvalue weighted by Gasteiger charge is -2.18. The summed E-state index contributed by atoms with van der Waals surface area (Å²) in [7, 11) is 0. The van der Waals surface area contributed by atoms with Crippen molar-refractivity contribution >= 4 is 17.9 Å². The molecular formula is C58H112O6. The standard InChI is InChI=1S/C58H112O6/c1-6-7-8-9-10-11-12-17-23-28-33-38-43-48-56(59)62-51-55(64-58(61)50-45-40-35-30-25-20-22-27-32-37-42-47-54(4)5)52-63-57(60)49-44-39-34-29-24-19-16-14-13-15-18-21-26-31-36-41-46-53(2)3/h53-55H,6-52H2,1-5H3/t55-/m0/s1. The highest BCUT2D eigenvalue weighted by atomic mass is 16.6. The molecule has 0 aliphatic rings. The van der Waals surface area contributed by atoms with Gasteiger partial charge in [-0.15, -0.1) is 0 Å². The van der Waals surface area contributed by atoms with Gasteiger partial charge in [-0.1, -0.05) is 285 Å². The number of carbonyl (C=O) groups excluding carboxylic acids is 3. The first-order valence-electron chi connectivity index (χ1n) is 28.7. The second kappa shape index (κ2) is 50.8. The molecule has 6 nitrogen and oxygen atoms in total. The van der Waals surface area contributed by atoms with E-state index in [9.17, 15) is 14.4 Å². The molecule has 0 fully saturated rings. The summed E-state index contributed by atoms with van der Waals surface area (Å²) in [6.07, 6.45) is 53.8. The van der Waals surface area contributed by atoms with Gasteiger partial charge in [0.15, 0.2) is 6.10 Å². The molecule has 0 rings (SSSR count). The number of hydrogen-bond donors (Lipinski definition) is 0. The highest BCUT2D eigenvalue weighted by molar-refractivity contribution is 5.71. The molecule has 64 heavy (non-hydrogen) atoms.